The number of rotatable bonds is 6. The summed E-state index contributed by atoms with van der Waals surface area (Å²) >= 11 is 0. The van der Waals surface area contributed by atoms with Crippen LogP contribution in [0.25, 0.3) is 0 Å². The first-order chi connectivity index (χ1) is 5.93. The lowest BCUT2D eigenvalue weighted by Crippen LogP contribution is -2.39. The topological polar surface area (TPSA) is 32.7 Å². The lowest BCUT2D eigenvalue weighted by atomic mass is 10.1. The third kappa shape index (κ3) is 5.24. The Morgan fingerprint density at radius 1 is 1.38 bits per heavy atom. The largest absolute Gasteiger partial charge is 0.395 e. The molecule has 0 aromatic carbocycles. The fraction of sp³-hybridized carbons (Fsp3) is 1.00. The highest BCUT2D eigenvalue weighted by atomic mass is 16.5. The van der Waals surface area contributed by atoms with Crippen molar-refractivity contribution in [2.75, 3.05) is 27.3 Å². The molecule has 0 aromatic heterocycles. The van der Waals surface area contributed by atoms with Gasteiger partial charge in [0.2, 0.25) is 0 Å². The molecule has 0 heterocycles. The van der Waals surface area contributed by atoms with Crippen LogP contribution in [0.15, 0.2) is 0 Å². The van der Waals surface area contributed by atoms with Gasteiger partial charge in [0.05, 0.1) is 24.9 Å². The third-order valence-corrected chi connectivity index (χ3v) is 2.46. The summed E-state index contributed by atoms with van der Waals surface area (Å²) in [5.74, 6) is 0. The molecule has 1 unspecified atom stereocenters. The van der Waals surface area contributed by atoms with Crippen molar-refractivity contribution in [2.45, 2.75) is 38.8 Å². The number of hydrogen-bond acceptors (Lipinski definition) is 3. The molecule has 0 aliphatic carbocycles. The zero-order valence-corrected chi connectivity index (χ0v) is 9.50. The van der Waals surface area contributed by atoms with E-state index in [0.29, 0.717) is 6.61 Å². The highest BCUT2D eigenvalue weighted by Crippen LogP contribution is 2.14. The van der Waals surface area contributed by atoms with E-state index < -0.39 is 0 Å². The number of aliphatic hydroxyl groups excluding tert-OH is 1. The first-order valence-electron chi connectivity index (χ1n) is 4.84. The minimum Gasteiger partial charge on any atom is -0.395 e. The normalized spacial score (nSPS) is 15.0. The fourth-order valence-corrected chi connectivity index (χ4v) is 0.789. The van der Waals surface area contributed by atoms with Gasteiger partial charge in [-0.15, -0.1) is 0 Å². The van der Waals surface area contributed by atoms with Gasteiger partial charge in [0.15, 0.2) is 0 Å². The predicted octanol–water partition coefficient (Wildman–Crippen LogP) is 1.11. The van der Waals surface area contributed by atoms with E-state index in [1.807, 2.05) is 19.0 Å². The molecule has 0 fully saturated rings. The van der Waals surface area contributed by atoms with Crippen LogP contribution in [0.5, 0.6) is 0 Å². The van der Waals surface area contributed by atoms with E-state index in [1.165, 1.54) is 0 Å². The standard InChI is InChI=1S/C10H23NO2/c1-6-10(2,3)13-8-9(7-12)11(4)5/h9,12H,6-8H2,1-5H3. The molecule has 0 rings (SSSR count). The Morgan fingerprint density at radius 2 is 1.92 bits per heavy atom. The smallest absolute Gasteiger partial charge is 0.0651 e. The second-order valence-electron chi connectivity index (χ2n) is 4.22. The van der Waals surface area contributed by atoms with Crippen molar-refractivity contribution in [2.24, 2.45) is 0 Å². The van der Waals surface area contributed by atoms with E-state index >= 15 is 0 Å². The maximum Gasteiger partial charge on any atom is 0.0651 e. The van der Waals surface area contributed by atoms with Gasteiger partial charge in [-0.3, -0.25) is 0 Å². The second-order valence-corrected chi connectivity index (χ2v) is 4.22. The average molecular weight is 189 g/mol. The van der Waals surface area contributed by atoms with E-state index in [9.17, 15) is 0 Å². The lowest BCUT2D eigenvalue weighted by Gasteiger charge is -2.29. The van der Waals surface area contributed by atoms with Crippen molar-refractivity contribution >= 4 is 0 Å². The van der Waals surface area contributed by atoms with E-state index in [1.54, 1.807) is 0 Å². The fourth-order valence-electron chi connectivity index (χ4n) is 0.789. The van der Waals surface area contributed by atoms with Gasteiger partial charge >= 0.3 is 0 Å². The maximum absolute atomic E-state index is 9.04. The zero-order valence-electron chi connectivity index (χ0n) is 9.50. The summed E-state index contributed by atoms with van der Waals surface area (Å²) in [7, 11) is 3.90. The number of ether oxygens (including phenoxy) is 1. The highest BCUT2D eigenvalue weighted by molar-refractivity contribution is 4.69. The Kier molecular flexibility index (Phi) is 5.53. The van der Waals surface area contributed by atoms with Crippen molar-refractivity contribution in [1.29, 1.82) is 0 Å². The average Bonchev–Trinajstić information content (AvgIpc) is 2.05. The van der Waals surface area contributed by atoms with Gasteiger partial charge in [-0.1, -0.05) is 6.92 Å². The molecule has 3 heteroatoms. The molecule has 0 saturated carbocycles. The third-order valence-electron chi connectivity index (χ3n) is 2.46. The number of likely N-dealkylation sites (N-methyl/N-ethyl adjacent to an activating group) is 1. The van der Waals surface area contributed by atoms with Crippen LogP contribution in [-0.2, 0) is 4.74 Å². The Morgan fingerprint density at radius 3 is 2.23 bits per heavy atom. The van der Waals surface area contributed by atoms with Crippen LogP contribution in [0.3, 0.4) is 0 Å². The first-order valence-corrected chi connectivity index (χ1v) is 4.84. The summed E-state index contributed by atoms with van der Waals surface area (Å²) in [6.07, 6.45) is 0.985. The zero-order chi connectivity index (χ0) is 10.5. The first kappa shape index (κ1) is 12.9. The molecule has 3 nitrogen and oxygen atoms in total. The monoisotopic (exact) mass is 189 g/mol. The quantitative estimate of drug-likeness (QED) is 0.679. The predicted molar refractivity (Wildman–Crippen MR) is 54.9 cm³/mol. The summed E-state index contributed by atoms with van der Waals surface area (Å²) in [5, 5.41) is 9.04. The number of aliphatic hydroxyl groups is 1. The highest BCUT2D eigenvalue weighted by Gasteiger charge is 2.18. The Labute approximate surface area is 81.7 Å². The summed E-state index contributed by atoms with van der Waals surface area (Å²) in [5.41, 5.74) is -0.0799. The van der Waals surface area contributed by atoms with Crippen molar-refractivity contribution in [1.82, 2.24) is 4.90 Å². The molecule has 0 radical (unpaired) electrons. The van der Waals surface area contributed by atoms with Gasteiger partial charge in [-0.25, -0.2) is 0 Å². The van der Waals surface area contributed by atoms with E-state index in [4.69, 9.17) is 9.84 Å². The Bertz CT molecular complexity index is 135. The van der Waals surface area contributed by atoms with Gasteiger partial charge in [-0.2, -0.15) is 0 Å². The van der Waals surface area contributed by atoms with Crippen molar-refractivity contribution in [3.8, 4) is 0 Å². The lowest BCUT2D eigenvalue weighted by molar-refractivity contribution is -0.0507. The van der Waals surface area contributed by atoms with Crippen LogP contribution in [0, 0.1) is 0 Å². The van der Waals surface area contributed by atoms with Crippen LogP contribution in [0.2, 0.25) is 0 Å². The SMILES string of the molecule is CCC(C)(C)OCC(CO)N(C)C. The molecule has 13 heavy (non-hydrogen) atoms. The minimum atomic E-state index is -0.0799. The molecule has 0 spiro atoms. The van der Waals surface area contributed by atoms with Crippen LogP contribution in [0.1, 0.15) is 27.2 Å². The van der Waals surface area contributed by atoms with E-state index in [-0.39, 0.29) is 18.2 Å². The van der Waals surface area contributed by atoms with Crippen LogP contribution in [0.4, 0.5) is 0 Å². The second kappa shape index (κ2) is 5.58. The summed E-state index contributed by atoms with van der Waals surface area (Å²) < 4.78 is 5.69. The maximum atomic E-state index is 9.04. The molecule has 0 saturated heterocycles. The Hall–Kier alpha value is -0.120. The summed E-state index contributed by atoms with van der Waals surface area (Å²) in [6.45, 7) is 6.97. The number of hydrogen-bond donors (Lipinski definition) is 1. The van der Waals surface area contributed by atoms with Gasteiger partial charge in [0, 0.05) is 0 Å². The molecule has 0 bridgehead atoms. The van der Waals surface area contributed by atoms with E-state index in [0.717, 1.165) is 6.42 Å². The van der Waals surface area contributed by atoms with Crippen LogP contribution in [-0.4, -0.2) is 49.0 Å². The molecular formula is C10H23NO2. The molecule has 0 aromatic rings. The van der Waals surface area contributed by atoms with Gasteiger partial charge in [-0.05, 0) is 34.4 Å². The van der Waals surface area contributed by atoms with Gasteiger partial charge in [0.25, 0.3) is 0 Å². The molecule has 0 aliphatic heterocycles. The number of nitrogens with zero attached hydrogens (tertiary/aromatic N) is 1. The van der Waals surface area contributed by atoms with Gasteiger partial charge < -0.3 is 14.7 Å². The summed E-state index contributed by atoms with van der Waals surface area (Å²) in [6, 6.07) is 0.103. The summed E-state index contributed by atoms with van der Waals surface area (Å²) in [4.78, 5) is 1.98. The van der Waals surface area contributed by atoms with Crippen molar-refractivity contribution in [3.05, 3.63) is 0 Å². The van der Waals surface area contributed by atoms with Gasteiger partial charge in [0.1, 0.15) is 0 Å². The van der Waals surface area contributed by atoms with E-state index in [2.05, 4.69) is 20.8 Å². The molecule has 0 amide bonds. The van der Waals surface area contributed by atoms with Crippen molar-refractivity contribution in [3.63, 3.8) is 0 Å². The van der Waals surface area contributed by atoms with Crippen LogP contribution >= 0.6 is 0 Å². The van der Waals surface area contributed by atoms with Crippen LogP contribution < -0.4 is 0 Å². The molecule has 80 valence electrons. The Balaban J connectivity index is 3.85. The molecule has 1 atom stereocenters. The minimum absolute atomic E-state index is 0.0799. The molecular weight excluding hydrogens is 166 g/mol. The molecule has 0 aliphatic rings. The van der Waals surface area contributed by atoms with Crippen molar-refractivity contribution < 1.29 is 9.84 Å². The molecule has 1 N–H and O–H groups in total.